The van der Waals surface area contributed by atoms with Crippen molar-refractivity contribution < 1.29 is 4.79 Å². The Labute approximate surface area is 100 Å². The fourth-order valence-corrected chi connectivity index (χ4v) is 2.57. The van der Waals surface area contributed by atoms with Crippen LogP contribution in [-0.2, 0) is 4.79 Å². The predicted molar refractivity (Wildman–Crippen MR) is 69.3 cm³/mol. The Morgan fingerprint density at radius 2 is 2.12 bits per heavy atom. The average molecular weight is 222 g/mol. The lowest BCUT2D eigenvalue weighted by molar-refractivity contribution is -0.116. The van der Waals surface area contributed by atoms with Crippen LogP contribution in [0.2, 0.25) is 0 Å². The van der Waals surface area contributed by atoms with Crippen molar-refractivity contribution in [2.24, 2.45) is 17.8 Å². The summed E-state index contributed by atoms with van der Waals surface area (Å²) < 4.78 is 0. The molecule has 16 heavy (non-hydrogen) atoms. The standard InChI is InChI=1S/C15H26O/c1-11(2)14-9-8-12(3)15(10-14)7-5-6-13(4)16/h7,11-12,14H,5-6,8-10H2,1-4H3/b15-7+/t12-,14-/m1/s1. The molecule has 0 aromatic carbocycles. The van der Waals surface area contributed by atoms with E-state index in [-0.39, 0.29) is 0 Å². The first-order valence-electron chi connectivity index (χ1n) is 6.69. The summed E-state index contributed by atoms with van der Waals surface area (Å²) in [5.74, 6) is 2.70. The first-order valence-corrected chi connectivity index (χ1v) is 6.69. The molecule has 0 aromatic heterocycles. The quantitative estimate of drug-likeness (QED) is 0.645. The largest absolute Gasteiger partial charge is 0.300 e. The minimum absolute atomic E-state index is 0.306. The zero-order chi connectivity index (χ0) is 12.1. The summed E-state index contributed by atoms with van der Waals surface area (Å²) in [7, 11) is 0. The molecule has 0 aromatic rings. The van der Waals surface area contributed by atoms with Crippen molar-refractivity contribution in [3.05, 3.63) is 11.6 Å². The van der Waals surface area contributed by atoms with E-state index in [0.29, 0.717) is 12.2 Å². The van der Waals surface area contributed by atoms with Crippen LogP contribution in [0.5, 0.6) is 0 Å². The van der Waals surface area contributed by atoms with Crippen LogP contribution in [0.4, 0.5) is 0 Å². The Balaban J connectivity index is 2.51. The van der Waals surface area contributed by atoms with Gasteiger partial charge in [-0.15, -0.1) is 0 Å². The van der Waals surface area contributed by atoms with Crippen LogP contribution in [0.1, 0.15) is 59.8 Å². The zero-order valence-corrected chi connectivity index (χ0v) is 11.3. The van der Waals surface area contributed by atoms with E-state index in [4.69, 9.17) is 0 Å². The highest BCUT2D eigenvalue weighted by atomic mass is 16.1. The molecule has 92 valence electrons. The molecule has 1 aliphatic rings. The third-order valence-corrected chi connectivity index (χ3v) is 3.95. The van der Waals surface area contributed by atoms with Gasteiger partial charge in [-0.25, -0.2) is 0 Å². The SMILES string of the molecule is CC(=O)CC/C=C1\C[C@H](C(C)C)CC[C@H]1C. The summed E-state index contributed by atoms with van der Waals surface area (Å²) >= 11 is 0. The van der Waals surface area contributed by atoms with Crippen molar-refractivity contribution in [1.29, 1.82) is 0 Å². The summed E-state index contributed by atoms with van der Waals surface area (Å²) in [5.41, 5.74) is 1.60. The molecule has 1 rings (SSSR count). The van der Waals surface area contributed by atoms with Crippen LogP contribution in [0.15, 0.2) is 11.6 Å². The number of ketones is 1. The maximum atomic E-state index is 10.9. The van der Waals surface area contributed by atoms with Gasteiger partial charge in [0.05, 0.1) is 0 Å². The molecular formula is C15H26O. The number of carbonyl (C=O) groups excluding carboxylic acids is 1. The van der Waals surface area contributed by atoms with E-state index >= 15 is 0 Å². The molecule has 1 fully saturated rings. The summed E-state index contributed by atoms with van der Waals surface area (Å²) in [6.45, 7) is 8.66. The molecule has 0 heterocycles. The number of hydrogen-bond donors (Lipinski definition) is 0. The molecule has 2 atom stereocenters. The summed E-state index contributed by atoms with van der Waals surface area (Å²) in [6.07, 6.45) is 7.96. The van der Waals surface area contributed by atoms with Gasteiger partial charge in [-0.1, -0.05) is 32.4 Å². The van der Waals surface area contributed by atoms with Gasteiger partial charge >= 0.3 is 0 Å². The molecule has 0 radical (unpaired) electrons. The van der Waals surface area contributed by atoms with E-state index in [2.05, 4.69) is 26.8 Å². The van der Waals surface area contributed by atoms with E-state index in [9.17, 15) is 4.79 Å². The number of allylic oxidation sites excluding steroid dienone is 2. The van der Waals surface area contributed by atoms with Crippen LogP contribution < -0.4 is 0 Å². The van der Waals surface area contributed by atoms with E-state index in [1.165, 1.54) is 19.3 Å². The highest BCUT2D eigenvalue weighted by molar-refractivity contribution is 5.75. The van der Waals surface area contributed by atoms with Crippen molar-refractivity contribution >= 4 is 5.78 Å². The fourth-order valence-electron chi connectivity index (χ4n) is 2.57. The lowest BCUT2D eigenvalue weighted by atomic mass is 9.74. The summed E-state index contributed by atoms with van der Waals surface area (Å²) in [6, 6.07) is 0. The van der Waals surface area contributed by atoms with Gasteiger partial charge in [-0.2, -0.15) is 0 Å². The van der Waals surface area contributed by atoms with E-state index in [0.717, 1.165) is 24.2 Å². The van der Waals surface area contributed by atoms with Gasteiger partial charge in [-0.3, -0.25) is 0 Å². The van der Waals surface area contributed by atoms with Gasteiger partial charge in [0.15, 0.2) is 0 Å². The monoisotopic (exact) mass is 222 g/mol. The van der Waals surface area contributed by atoms with E-state index < -0.39 is 0 Å². The van der Waals surface area contributed by atoms with Crippen molar-refractivity contribution in [1.82, 2.24) is 0 Å². The van der Waals surface area contributed by atoms with Crippen molar-refractivity contribution in [3.8, 4) is 0 Å². The summed E-state index contributed by atoms with van der Waals surface area (Å²) in [4.78, 5) is 10.9. The van der Waals surface area contributed by atoms with Crippen LogP contribution >= 0.6 is 0 Å². The Hall–Kier alpha value is -0.590. The van der Waals surface area contributed by atoms with Gasteiger partial charge in [0.1, 0.15) is 5.78 Å². The third-order valence-electron chi connectivity index (χ3n) is 3.95. The predicted octanol–water partition coefficient (Wildman–Crippen LogP) is 4.37. The topological polar surface area (TPSA) is 17.1 Å². The van der Waals surface area contributed by atoms with Crippen molar-refractivity contribution in [2.45, 2.75) is 59.8 Å². The molecule has 1 nitrogen and oxygen atoms in total. The molecule has 0 N–H and O–H groups in total. The smallest absolute Gasteiger partial charge is 0.130 e. The zero-order valence-electron chi connectivity index (χ0n) is 11.3. The average Bonchev–Trinajstić information content (AvgIpc) is 2.20. The molecule has 1 saturated carbocycles. The first kappa shape index (κ1) is 13.5. The van der Waals surface area contributed by atoms with E-state index in [1.54, 1.807) is 12.5 Å². The lowest BCUT2D eigenvalue weighted by Gasteiger charge is -2.31. The van der Waals surface area contributed by atoms with Crippen molar-refractivity contribution in [3.63, 3.8) is 0 Å². The highest BCUT2D eigenvalue weighted by Gasteiger charge is 2.24. The first-order chi connectivity index (χ1) is 7.50. The number of Topliss-reactive ketones (excluding diaryl/α,β-unsaturated/α-hetero) is 1. The second-order valence-corrected chi connectivity index (χ2v) is 5.71. The Morgan fingerprint density at radius 3 is 2.69 bits per heavy atom. The van der Waals surface area contributed by atoms with Gasteiger partial charge in [0.25, 0.3) is 0 Å². The number of carbonyl (C=O) groups is 1. The van der Waals surface area contributed by atoms with Gasteiger partial charge in [0.2, 0.25) is 0 Å². The maximum absolute atomic E-state index is 10.9. The Kier molecular flexibility index (Phi) is 5.24. The molecule has 0 bridgehead atoms. The van der Waals surface area contributed by atoms with E-state index in [1.807, 2.05) is 0 Å². The molecule has 0 aliphatic heterocycles. The fraction of sp³-hybridized carbons (Fsp3) is 0.800. The molecule has 0 amide bonds. The van der Waals surface area contributed by atoms with Gasteiger partial charge < -0.3 is 4.79 Å². The molecule has 0 unspecified atom stereocenters. The lowest BCUT2D eigenvalue weighted by Crippen LogP contribution is -2.19. The molecular weight excluding hydrogens is 196 g/mol. The molecule has 1 heteroatoms. The minimum Gasteiger partial charge on any atom is -0.300 e. The summed E-state index contributed by atoms with van der Waals surface area (Å²) in [5, 5.41) is 0. The molecule has 1 aliphatic carbocycles. The Bertz CT molecular complexity index is 263. The number of hydrogen-bond acceptors (Lipinski definition) is 1. The normalized spacial score (nSPS) is 28.7. The van der Waals surface area contributed by atoms with Gasteiger partial charge in [-0.05, 0) is 50.4 Å². The molecule has 0 spiro atoms. The van der Waals surface area contributed by atoms with Crippen LogP contribution in [0, 0.1) is 17.8 Å². The highest BCUT2D eigenvalue weighted by Crippen LogP contribution is 2.37. The minimum atomic E-state index is 0.306. The Morgan fingerprint density at radius 1 is 1.44 bits per heavy atom. The third kappa shape index (κ3) is 4.11. The van der Waals surface area contributed by atoms with Gasteiger partial charge in [0, 0.05) is 6.42 Å². The van der Waals surface area contributed by atoms with Crippen LogP contribution in [0.3, 0.4) is 0 Å². The van der Waals surface area contributed by atoms with Crippen LogP contribution in [0.25, 0.3) is 0 Å². The maximum Gasteiger partial charge on any atom is 0.130 e. The second-order valence-electron chi connectivity index (χ2n) is 5.71. The number of rotatable bonds is 4. The second kappa shape index (κ2) is 6.22. The van der Waals surface area contributed by atoms with Crippen molar-refractivity contribution in [2.75, 3.05) is 0 Å². The van der Waals surface area contributed by atoms with Crippen LogP contribution in [-0.4, -0.2) is 5.78 Å². The molecule has 0 saturated heterocycles.